The first-order chi connectivity index (χ1) is 11.1. The van der Waals surface area contributed by atoms with Crippen LogP contribution in [0.4, 0.5) is 0 Å². The maximum Gasteiger partial charge on any atom is 0.303 e. The highest BCUT2D eigenvalue weighted by atomic mass is 16.7. The number of carbonyl (C=O) groups excluding carboxylic acids is 4. The SMILES string of the molecule is CC(=O)OC[C@H]1O[C@H](O)[C@@H](OC(C)=O)[C@@H](OC(C)=O)[C@H]1OC(C)=O. The molecular formula is C14H20O10. The Morgan fingerprint density at radius 2 is 1.25 bits per heavy atom. The van der Waals surface area contributed by atoms with Gasteiger partial charge in [-0.25, -0.2) is 0 Å². The molecule has 0 radical (unpaired) electrons. The molecule has 1 fully saturated rings. The van der Waals surface area contributed by atoms with Gasteiger partial charge in [-0.05, 0) is 0 Å². The van der Waals surface area contributed by atoms with Crippen molar-refractivity contribution in [3.63, 3.8) is 0 Å². The summed E-state index contributed by atoms with van der Waals surface area (Å²) in [6, 6.07) is 0. The van der Waals surface area contributed by atoms with E-state index in [1.165, 1.54) is 0 Å². The Hall–Kier alpha value is -2.20. The van der Waals surface area contributed by atoms with Crippen LogP contribution in [-0.2, 0) is 42.9 Å². The molecule has 1 aliphatic rings. The lowest BCUT2D eigenvalue weighted by Gasteiger charge is -2.42. The van der Waals surface area contributed by atoms with Crippen molar-refractivity contribution in [2.24, 2.45) is 0 Å². The summed E-state index contributed by atoms with van der Waals surface area (Å²) >= 11 is 0. The van der Waals surface area contributed by atoms with Gasteiger partial charge in [0.05, 0.1) is 0 Å². The van der Waals surface area contributed by atoms with E-state index in [0.717, 1.165) is 27.7 Å². The second-order valence-corrected chi connectivity index (χ2v) is 5.09. The molecule has 1 N–H and O–H groups in total. The maximum atomic E-state index is 11.3. The van der Waals surface area contributed by atoms with E-state index < -0.39 is 54.6 Å². The van der Waals surface area contributed by atoms with Crippen molar-refractivity contribution in [3.8, 4) is 0 Å². The lowest BCUT2D eigenvalue weighted by atomic mass is 9.98. The standard InChI is InChI=1S/C14H20O10/c1-6(15)20-5-10-11(21-7(2)16)12(22-8(3)17)13(14(19)24-10)23-9(4)18/h10-14,19H,5H2,1-4H3/t10-,11+,12+,13+,14+/m1/s1. The minimum absolute atomic E-state index is 0.366. The van der Waals surface area contributed by atoms with Crippen molar-refractivity contribution < 1.29 is 48.0 Å². The summed E-state index contributed by atoms with van der Waals surface area (Å²) in [6.07, 6.45) is -6.79. The Bertz CT molecular complexity index is 502. The van der Waals surface area contributed by atoms with Crippen molar-refractivity contribution in [1.29, 1.82) is 0 Å². The van der Waals surface area contributed by atoms with E-state index in [-0.39, 0.29) is 6.61 Å². The molecule has 0 amide bonds. The smallest absolute Gasteiger partial charge is 0.303 e. The summed E-state index contributed by atoms with van der Waals surface area (Å²) in [5, 5.41) is 10.0. The van der Waals surface area contributed by atoms with E-state index in [9.17, 15) is 24.3 Å². The number of rotatable bonds is 5. The van der Waals surface area contributed by atoms with Crippen LogP contribution in [0.15, 0.2) is 0 Å². The quantitative estimate of drug-likeness (QED) is 0.490. The largest absolute Gasteiger partial charge is 0.463 e. The number of hydrogen-bond acceptors (Lipinski definition) is 10. The molecule has 0 spiro atoms. The highest BCUT2D eigenvalue weighted by molar-refractivity contribution is 5.68. The Morgan fingerprint density at radius 1 is 0.792 bits per heavy atom. The molecule has 1 saturated heterocycles. The van der Waals surface area contributed by atoms with Crippen molar-refractivity contribution in [2.45, 2.75) is 58.4 Å². The van der Waals surface area contributed by atoms with Crippen LogP contribution in [0.1, 0.15) is 27.7 Å². The highest BCUT2D eigenvalue weighted by Gasteiger charge is 2.51. The zero-order valence-electron chi connectivity index (χ0n) is 13.7. The zero-order chi connectivity index (χ0) is 18.4. The number of aliphatic hydroxyl groups excluding tert-OH is 1. The molecule has 0 aliphatic carbocycles. The van der Waals surface area contributed by atoms with Crippen LogP contribution in [0.25, 0.3) is 0 Å². The van der Waals surface area contributed by atoms with E-state index in [1.54, 1.807) is 0 Å². The van der Waals surface area contributed by atoms with Crippen LogP contribution in [0.5, 0.6) is 0 Å². The predicted molar refractivity (Wildman–Crippen MR) is 74.2 cm³/mol. The van der Waals surface area contributed by atoms with Crippen LogP contribution in [0.2, 0.25) is 0 Å². The van der Waals surface area contributed by atoms with Gasteiger partial charge in [-0.3, -0.25) is 19.2 Å². The fraction of sp³-hybridized carbons (Fsp3) is 0.714. The summed E-state index contributed by atoms with van der Waals surface area (Å²) in [4.78, 5) is 44.9. The summed E-state index contributed by atoms with van der Waals surface area (Å²) in [7, 11) is 0. The topological polar surface area (TPSA) is 135 Å². The van der Waals surface area contributed by atoms with Crippen LogP contribution in [0.3, 0.4) is 0 Å². The molecule has 5 atom stereocenters. The molecule has 24 heavy (non-hydrogen) atoms. The summed E-state index contributed by atoms with van der Waals surface area (Å²) < 4.78 is 25.0. The third kappa shape index (κ3) is 5.78. The molecule has 0 aromatic heterocycles. The highest BCUT2D eigenvalue weighted by Crippen LogP contribution is 2.28. The van der Waals surface area contributed by atoms with Gasteiger partial charge >= 0.3 is 23.9 Å². The lowest BCUT2D eigenvalue weighted by Crippen LogP contribution is -2.62. The van der Waals surface area contributed by atoms with Gasteiger partial charge in [0, 0.05) is 27.7 Å². The monoisotopic (exact) mass is 348 g/mol. The molecule has 0 aromatic rings. The van der Waals surface area contributed by atoms with E-state index in [0.29, 0.717) is 0 Å². The second kappa shape index (κ2) is 8.60. The Labute approximate surface area is 137 Å². The van der Waals surface area contributed by atoms with Crippen molar-refractivity contribution in [2.75, 3.05) is 6.61 Å². The molecule has 136 valence electrons. The van der Waals surface area contributed by atoms with Crippen LogP contribution < -0.4 is 0 Å². The van der Waals surface area contributed by atoms with Crippen molar-refractivity contribution >= 4 is 23.9 Å². The first kappa shape index (κ1) is 19.8. The molecule has 0 saturated carbocycles. The van der Waals surface area contributed by atoms with Crippen LogP contribution in [-0.4, -0.2) is 66.3 Å². The molecule has 0 aromatic carbocycles. The Balaban J connectivity index is 3.11. The average Bonchev–Trinajstić information content (AvgIpc) is 2.42. The molecular weight excluding hydrogens is 328 g/mol. The van der Waals surface area contributed by atoms with E-state index in [4.69, 9.17) is 23.7 Å². The number of ether oxygens (including phenoxy) is 5. The summed E-state index contributed by atoms with van der Waals surface area (Å²) in [6.45, 7) is 4.09. The van der Waals surface area contributed by atoms with Gasteiger partial charge in [-0.1, -0.05) is 0 Å². The molecule has 1 aliphatic heterocycles. The number of aliphatic hydroxyl groups is 1. The predicted octanol–water partition coefficient (Wildman–Crippen LogP) is -0.938. The molecule has 0 unspecified atom stereocenters. The third-order valence-electron chi connectivity index (χ3n) is 2.97. The Morgan fingerprint density at radius 3 is 1.71 bits per heavy atom. The molecule has 10 heteroatoms. The normalized spacial score (nSPS) is 29.3. The molecule has 10 nitrogen and oxygen atoms in total. The average molecular weight is 348 g/mol. The summed E-state index contributed by atoms with van der Waals surface area (Å²) in [5.41, 5.74) is 0. The second-order valence-electron chi connectivity index (χ2n) is 5.09. The molecule has 0 bridgehead atoms. The maximum absolute atomic E-state index is 11.3. The van der Waals surface area contributed by atoms with Crippen LogP contribution >= 0.6 is 0 Å². The van der Waals surface area contributed by atoms with Gasteiger partial charge in [-0.2, -0.15) is 0 Å². The fourth-order valence-electron chi connectivity index (χ4n) is 2.21. The van der Waals surface area contributed by atoms with Gasteiger partial charge < -0.3 is 28.8 Å². The van der Waals surface area contributed by atoms with Gasteiger partial charge in [0.1, 0.15) is 12.7 Å². The third-order valence-corrected chi connectivity index (χ3v) is 2.97. The van der Waals surface area contributed by atoms with Gasteiger partial charge in [0.15, 0.2) is 24.6 Å². The number of hydrogen-bond donors (Lipinski definition) is 1. The Kier molecular flexibility index (Phi) is 7.11. The first-order valence-corrected chi connectivity index (χ1v) is 7.10. The van der Waals surface area contributed by atoms with E-state index in [2.05, 4.69) is 0 Å². The molecule has 1 heterocycles. The first-order valence-electron chi connectivity index (χ1n) is 7.10. The van der Waals surface area contributed by atoms with E-state index in [1.807, 2.05) is 0 Å². The van der Waals surface area contributed by atoms with Crippen molar-refractivity contribution in [1.82, 2.24) is 0 Å². The van der Waals surface area contributed by atoms with E-state index >= 15 is 0 Å². The minimum Gasteiger partial charge on any atom is -0.463 e. The fourth-order valence-corrected chi connectivity index (χ4v) is 2.21. The van der Waals surface area contributed by atoms with Gasteiger partial charge in [0.25, 0.3) is 0 Å². The van der Waals surface area contributed by atoms with Gasteiger partial charge in [-0.15, -0.1) is 0 Å². The number of esters is 4. The molecule has 1 rings (SSSR count). The van der Waals surface area contributed by atoms with Crippen molar-refractivity contribution in [3.05, 3.63) is 0 Å². The lowest BCUT2D eigenvalue weighted by molar-refractivity contribution is -0.296. The van der Waals surface area contributed by atoms with Crippen LogP contribution in [0, 0.1) is 0 Å². The zero-order valence-corrected chi connectivity index (χ0v) is 13.7. The summed E-state index contributed by atoms with van der Waals surface area (Å²) in [5.74, 6) is -2.87. The minimum atomic E-state index is -1.68. The van der Waals surface area contributed by atoms with Gasteiger partial charge in [0.2, 0.25) is 0 Å². The number of carbonyl (C=O) groups is 4.